The maximum atomic E-state index is 14.3. The summed E-state index contributed by atoms with van der Waals surface area (Å²) in [6.45, 7) is 7.69. The van der Waals surface area contributed by atoms with Crippen LogP contribution in [0.15, 0.2) is 24.3 Å². The average Bonchev–Trinajstić information content (AvgIpc) is 3.93. The van der Waals surface area contributed by atoms with E-state index in [1.54, 1.807) is 0 Å². The van der Waals surface area contributed by atoms with Crippen LogP contribution in [-0.2, 0) is 35.6 Å². The van der Waals surface area contributed by atoms with Gasteiger partial charge in [0.2, 0.25) is 21.8 Å². The highest BCUT2D eigenvalue weighted by atomic mass is 32.2. The number of benzene rings is 1. The van der Waals surface area contributed by atoms with Crippen LogP contribution in [0.3, 0.4) is 0 Å². The molecule has 1 aromatic rings. The Morgan fingerprint density at radius 1 is 1.06 bits per heavy atom. The highest BCUT2D eigenvalue weighted by Gasteiger charge is 2.62. The summed E-state index contributed by atoms with van der Waals surface area (Å²) in [5.41, 5.74) is -1.06. The molecular formula is C34H50N4O8S. The van der Waals surface area contributed by atoms with Crippen LogP contribution in [0.1, 0.15) is 97.5 Å². The molecular weight excluding hydrogens is 624 g/mol. The van der Waals surface area contributed by atoms with Gasteiger partial charge in [0.05, 0.1) is 18.4 Å². The van der Waals surface area contributed by atoms with Gasteiger partial charge in [0.15, 0.2) is 0 Å². The fraction of sp³-hybridized carbons (Fsp3) is 0.706. The summed E-state index contributed by atoms with van der Waals surface area (Å²) in [4.78, 5) is 56.1. The lowest BCUT2D eigenvalue weighted by atomic mass is 9.85. The van der Waals surface area contributed by atoms with Crippen molar-refractivity contribution in [1.29, 1.82) is 0 Å². The minimum Gasteiger partial charge on any atom is -0.488 e. The van der Waals surface area contributed by atoms with Gasteiger partial charge in [-0.15, -0.1) is 0 Å². The molecule has 2 heterocycles. The summed E-state index contributed by atoms with van der Waals surface area (Å²) in [6, 6.07) is 5.76. The number of sulfonamides is 1. The van der Waals surface area contributed by atoms with Crippen molar-refractivity contribution in [3.05, 3.63) is 29.8 Å². The van der Waals surface area contributed by atoms with Gasteiger partial charge in [-0.2, -0.15) is 0 Å². The number of alkyl carbamates (subject to hydrolysis) is 1. The first kappa shape index (κ1) is 35.0. The molecule has 5 atom stereocenters. The summed E-state index contributed by atoms with van der Waals surface area (Å²) < 4.78 is 39.4. The fourth-order valence-corrected chi connectivity index (χ4v) is 8.13. The van der Waals surface area contributed by atoms with Crippen LogP contribution < -0.4 is 20.1 Å². The zero-order chi connectivity index (χ0) is 34.0. The predicted octanol–water partition coefficient (Wildman–Crippen LogP) is 3.58. The monoisotopic (exact) mass is 674 g/mol. The van der Waals surface area contributed by atoms with Crippen LogP contribution in [0.5, 0.6) is 5.75 Å². The maximum Gasteiger partial charge on any atom is 0.407 e. The van der Waals surface area contributed by atoms with Gasteiger partial charge in [0, 0.05) is 6.42 Å². The highest BCUT2D eigenvalue weighted by molar-refractivity contribution is 7.91. The lowest BCUT2D eigenvalue weighted by Gasteiger charge is -2.35. The van der Waals surface area contributed by atoms with Gasteiger partial charge in [-0.25, -0.2) is 13.2 Å². The molecule has 2 saturated carbocycles. The second kappa shape index (κ2) is 14.0. The minimum atomic E-state index is -3.82. The van der Waals surface area contributed by atoms with Crippen molar-refractivity contribution in [2.75, 3.05) is 13.2 Å². The summed E-state index contributed by atoms with van der Waals surface area (Å²) in [5, 5.41) is 5.04. The number of amides is 4. The van der Waals surface area contributed by atoms with Crippen molar-refractivity contribution >= 4 is 33.8 Å². The Morgan fingerprint density at radius 2 is 1.77 bits per heavy atom. The summed E-state index contributed by atoms with van der Waals surface area (Å²) >= 11 is 0. The number of fused-ring (bicyclic) bond motifs is 3. The molecule has 0 aromatic heterocycles. The van der Waals surface area contributed by atoms with Gasteiger partial charge in [0.1, 0.15) is 29.5 Å². The standard InChI is InChI=1S/C34H50N4O8S/c1-5-23-20-34(23,31(41)37-47(43,44)25-16-17-25)36-29(39)26-19-24-21-38(26)30(40)28(33(2,3)4)35-32(42)45-18-12-8-6-7-9-13-22-14-10-11-15-27(22)46-24/h10-11,14-15,23-26,28H,5-9,12-13,16-21H2,1-4H3,(H,35,42)(H,36,39)(H,37,41)/t23-,24-,26+,28-,34-/m1/s1. The van der Waals surface area contributed by atoms with E-state index in [1.807, 2.05) is 52.0 Å². The first-order valence-corrected chi connectivity index (χ1v) is 18.7. The molecule has 2 bridgehead atoms. The van der Waals surface area contributed by atoms with E-state index in [9.17, 15) is 27.6 Å². The number of para-hydroxylation sites is 1. The Kier molecular flexibility index (Phi) is 10.4. The number of rotatable bonds is 6. The Hall–Kier alpha value is -3.35. The molecule has 2 aliphatic heterocycles. The molecule has 0 radical (unpaired) electrons. The summed E-state index contributed by atoms with van der Waals surface area (Å²) in [6.07, 6.45) is 6.24. The van der Waals surface area contributed by atoms with Crippen LogP contribution in [0, 0.1) is 11.3 Å². The molecule has 1 saturated heterocycles. The molecule has 1 aromatic carbocycles. The average molecular weight is 675 g/mol. The first-order valence-electron chi connectivity index (χ1n) is 17.1. The molecule has 2 aliphatic carbocycles. The van der Waals surface area contributed by atoms with Crippen molar-refractivity contribution in [3.63, 3.8) is 0 Å². The number of cyclic esters (lactones) is 1. The summed E-state index contributed by atoms with van der Waals surface area (Å²) in [5.74, 6) is -1.31. The van der Waals surface area contributed by atoms with Gasteiger partial charge >= 0.3 is 6.09 Å². The van der Waals surface area contributed by atoms with Crippen molar-refractivity contribution in [2.45, 2.75) is 127 Å². The smallest absolute Gasteiger partial charge is 0.407 e. The van der Waals surface area contributed by atoms with Crippen molar-refractivity contribution in [3.8, 4) is 5.75 Å². The molecule has 4 aliphatic rings. The van der Waals surface area contributed by atoms with Crippen molar-refractivity contribution in [2.24, 2.45) is 11.3 Å². The number of carbonyl (C=O) groups excluding carboxylic acids is 4. The maximum absolute atomic E-state index is 14.3. The van der Waals surface area contributed by atoms with E-state index in [4.69, 9.17) is 9.47 Å². The third kappa shape index (κ3) is 8.21. The van der Waals surface area contributed by atoms with E-state index in [1.165, 1.54) is 4.90 Å². The molecule has 0 spiro atoms. The predicted molar refractivity (Wildman–Crippen MR) is 175 cm³/mol. The Bertz CT molecular complexity index is 1460. The van der Waals surface area contributed by atoms with E-state index in [-0.39, 0.29) is 25.5 Å². The van der Waals surface area contributed by atoms with Gasteiger partial charge in [-0.1, -0.05) is 71.6 Å². The number of aryl methyl sites for hydroxylation is 1. The minimum absolute atomic E-state index is 0.0843. The molecule has 47 heavy (non-hydrogen) atoms. The summed E-state index contributed by atoms with van der Waals surface area (Å²) in [7, 11) is -3.82. The lowest BCUT2D eigenvalue weighted by molar-refractivity contribution is -0.142. The zero-order valence-corrected chi connectivity index (χ0v) is 28.8. The van der Waals surface area contributed by atoms with Crippen molar-refractivity contribution in [1.82, 2.24) is 20.3 Å². The van der Waals surface area contributed by atoms with Gasteiger partial charge in [-0.3, -0.25) is 19.1 Å². The third-order valence-corrected chi connectivity index (χ3v) is 11.7. The number of nitrogens with zero attached hydrogens (tertiary/aromatic N) is 1. The molecule has 0 unspecified atom stereocenters. The number of ether oxygens (including phenoxy) is 2. The molecule has 3 fully saturated rings. The highest BCUT2D eigenvalue weighted by Crippen LogP contribution is 2.47. The SMILES string of the molecule is CC[C@@H]1C[C@]1(NC(=O)[C@@H]1C[C@@H]2CN1C(=O)[C@H](C(C)(C)C)NC(=O)OCCCCCCCc1ccccc1O2)C(=O)NS(=O)(=O)C1CC1. The third-order valence-electron chi connectivity index (χ3n) is 9.86. The second-order valence-corrected chi connectivity index (χ2v) is 16.6. The van der Waals surface area contributed by atoms with Crippen LogP contribution in [-0.4, -0.2) is 79.3 Å². The van der Waals surface area contributed by atoms with Crippen molar-refractivity contribution < 1.29 is 37.1 Å². The topological polar surface area (TPSA) is 160 Å². The Labute approximate surface area is 278 Å². The molecule has 12 nitrogen and oxygen atoms in total. The van der Waals surface area contributed by atoms with Crippen LogP contribution >= 0.6 is 0 Å². The molecule has 260 valence electrons. The number of nitrogens with one attached hydrogen (secondary N) is 3. The second-order valence-electron chi connectivity index (χ2n) is 14.6. The fourth-order valence-electron chi connectivity index (χ4n) is 6.76. The molecule has 13 heteroatoms. The Balaban J connectivity index is 1.43. The van der Waals surface area contributed by atoms with Gasteiger partial charge < -0.3 is 25.0 Å². The number of carbonyl (C=O) groups is 4. The van der Waals surface area contributed by atoms with Crippen LogP contribution in [0.25, 0.3) is 0 Å². The zero-order valence-electron chi connectivity index (χ0n) is 28.0. The number of hydrogen-bond acceptors (Lipinski definition) is 8. The lowest BCUT2D eigenvalue weighted by Crippen LogP contribution is -2.60. The quantitative estimate of drug-likeness (QED) is 0.413. The van der Waals surface area contributed by atoms with E-state index in [2.05, 4.69) is 15.4 Å². The van der Waals surface area contributed by atoms with Gasteiger partial charge in [-0.05, 0) is 61.5 Å². The Morgan fingerprint density at radius 3 is 2.45 bits per heavy atom. The molecule has 5 rings (SSSR count). The van der Waals surface area contributed by atoms with E-state index in [0.29, 0.717) is 37.9 Å². The first-order chi connectivity index (χ1) is 22.2. The number of hydrogen-bond donors (Lipinski definition) is 3. The largest absolute Gasteiger partial charge is 0.488 e. The van der Waals surface area contributed by atoms with Crippen LogP contribution in [0.4, 0.5) is 4.79 Å². The molecule has 3 N–H and O–H groups in total. The van der Waals surface area contributed by atoms with E-state index >= 15 is 0 Å². The van der Waals surface area contributed by atoms with E-state index < -0.39 is 68.2 Å². The molecule has 4 amide bonds. The van der Waals surface area contributed by atoms with Crippen LogP contribution in [0.2, 0.25) is 0 Å². The van der Waals surface area contributed by atoms with Gasteiger partial charge in [0.25, 0.3) is 5.91 Å². The van der Waals surface area contributed by atoms with E-state index in [0.717, 1.165) is 37.7 Å². The normalized spacial score (nSPS) is 29.2.